The van der Waals surface area contributed by atoms with Crippen molar-refractivity contribution in [3.8, 4) is 28.4 Å². The van der Waals surface area contributed by atoms with E-state index < -0.39 is 47.9 Å². The van der Waals surface area contributed by atoms with Gasteiger partial charge in [0.2, 0.25) is 11.7 Å². The predicted octanol–water partition coefficient (Wildman–Crippen LogP) is 1.12. The molecule has 1 fully saturated rings. The fraction of sp³-hybridized carbons (Fsp3) is 0.407. The Morgan fingerprint density at radius 1 is 0.974 bits per heavy atom. The number of fused-ring (bicyclic) bond motifs is 1. The number of carbonyl (C=O) groups excluding carboxylic acids is 1. The van der Waals surface area contributed by atoms with E-state index >= 15 is 0 Å². The standard InChI is InChI=1S/C27H31NO11/c28-9-3-1-2-4-21(31)37-13-20-24(33)25(34)26(35)27(39-20)38-16-7-5-14(6-8-16)17-12-36-19-11-15(29)10-18(30)22(19)23(17)32/h5-8,10-12,20,24-27,29-30,33-35H,1-4,9,13,28H2. The quantitative estimate of drug-likeness (QED) is 0.157. The topological polar surface area (TPSA) is 202 Å². The molecule has 0 spiro atoms. The highest BCUT2D eigenvalue weighted by atomic mass is 16.7. The summed E-state index contributed by atoms with van der Waals surface area (Å²) in [7, 11) is 0. The molecule has 3 aromatic rings. The van der Waals surface area contributed by atoms with E-state index in [9.17, 15) is 35.1 Å². The Labute approximate surface area is 222 Å². The van der Waals surface area contributed by atoms with E-state index in [-0.39, 0.29) is 41.1 Å². The van der Waals surface area contributed by atoms with Gasteiger partial charge < -0.3 is 49.9 Å². The molecule has 0 radical (unpaired) electrons. The van der Waals surface area contributed by atoms with Crippen molar-refractivity contribution in [3.05, 3.63) is 52.9 Å². The van der Waals surface area contributed by atoms with Crippen LogP contribution in [0.2, 0.25) is 0 Å². The molecule has 0 amide bonds. The number of aliphatic hydroxyl groups is 3. The highest BCUT2D eigenvalue weighted by Gasteiger charge is 2.45. The van der Waals surface area contributed by atoms with Crippen LogP contribution < -0.4 is 15.9 Å². The first kappa shape index (κ1) is 28.3. The van der Waals surface area contributed by atoms with Crippen molar-refractivity contribution in [1.82, 2.24) is 0 Å². The molecule has 12 nitrogen and oxygen atoms in total. The molecule has 5 unspecified atom stereocenters. The molecule has 12 heteroatoms. The van der Waals surface area contributed by atoms with Crippen LogP contribution in [0, 0.1) is 0 Å². The molecule has 0 aliphatic carbocycles. The average molecular weight is 546 g/mol. The Morgan fingerprint density at radius 3 is 2.44 bits per heavy atom. The molecule has 210 valence electrons. The number of phenolic OH excluding ortho intramolecular Hbond substituents is 2. The molecule has 5 atom stereocenters. The molecule has 2 heterocycles. The number of phenols is 2. The minimum Gasteiger partial charge on any atom is -0.508 e. The second-order valence-electron chi connectivity index (χ2n) is 9.26. The second kappa shape index (κ2) is 12.5. The van der Waals surface area contributed by atoms with E-state index in [0.717, 1.165) is 18.9 Å². The van der Waals surface area contributed by atoms with Crippen LogP contribution in [0.25, 0.3) is 22.1 Å². The van der Waals surface area contributed by atoms with Gasteiger partial charge in [0, 0.05) is 18.6 Å². The zero-order valence-corrected chi connectivity index (χ0v) is 20.9. The van der Waals surface area contributed by atoms with Crippen molar-refractivity contribution < 1.29 is 49.0 Å². The number of aliphatic hydroxyl groups excluding tert-OH is 3. The van der Waals surface area contributed by atoms with Gasteiger partial charge in [-0.25, -0.2) is 0 Å². The Bertz CT molecular complexity index is 1340. The molecule has 0 bridgehead atoms. The van der Waals surface area contributed by atoms with Gasteiger partial charge in [0.25, 0.3) is 0 Å². The lowest BCUT2D eigenvalue weighted by Crippen LogP contribution is -2.60. The van der Waals surface area contributed by atoms with E-state index in [1.54, 1.807) is 0 Å². The van der Waals surface area contributed by atoms with Crippen molar-refractivity contribution >= 4 is 16.9 Å². The van der Waals surface area contributed by atoms with Crippen molar-refractivity contribution in [2.75, 3.05) is 13.2 Å². The Balaban J connectivity index is 1.42. The molecule has 7 N–H and O–H groups in total. The second-order valence-corrected chi connectivity index (χ2v) is 9.26. The molecule has 1 aliphatic heterocycles. The lowest BCUT2D eigenvalue weighted by molar-refractivity contribution is -0.278. The predicted molar refractivity (Wildman–Crippen MR) is 137 cm³/mol. The third-order valence-electron chi connectivity index (χ3n) is 6.42. The number of ether oxygens (including phenoxy) is 3. The molecular weight excluding hydrogens is 514 g/mol. The number of hydrogen-bond donors (Lipinski definition) is 6. The number of carbonyl (C=O) groups is 1. The van der Waals surface area contributed by atoms with Crippen molar-refractivity contribution in [2.45, 2.75) is 56.4 Å². The van der Waals surface area contributed by atoms with Gasteiger partial charge in [-0.2, -0.15) is 0 Å². The molecule has 1 aliphatic rings. The van der Waals surface area contributed by atoms with Crippen LogP contribution in [0.3, 0.4) is 0 Å². The molecule has 0 saturated carbocycles. The van der Waals surface area contributed by atoms with Crippen molar-refractivity contribution in [3.63, 3.8) is 0 Å². The lowest BCUT2D eigenvalue weighted by Gasteiger charge is -2.39. The van der Waals surface area contributed by atoms with E-state index in [0.29, 0.717) is 18.5 Å². The van der Waals surface area contributed by atoms with Crippen LogP contribution >= 0.6 is 0 Å². The zero-order chi connectivity index (χ0) is 28.1. The van der Waals surface area contributed by atoms with Gasteiger partial charge in [0.15, 0.2) is 0 Å². The Kier molecular flexibility index (Phi) is 9.04. The van der Waals surface area contributed by atoms with Crippen LogP contribution in [0.1, 0.15) is 25.7 Å². The maximum absolute atomic E-state index is 12.9. The van der Waals surface area contributed by atoms with Crippen molar-refractivity contribution in [1.29, 1.82) is 0 Å². The lowest BCUT2D eigenvalue weighted by atomic mass is 9.99. The minimum atomic E-state index is -1.62. The average Bonchev–Trinajstić information content (AvgIpc) is 2.91. The minimum absolute atomic E-state index is 0.0252. The first-order chi connectivity index (χ1) is 18.7. The van der Waals surface area contributed by atoms with E-state index in [1.807, 2.05) is 0 Å². The third kappa shape index (κ3) is 6.49. The van der Waals surface area contributed by atoms with Gasteiger partial charge in [-0.05, 0) is 37.1 Å². The third-order valence-corrected chi connectivity index (χ3v) is 6.42. The van der Waals surface area contributed by atoms with Gasteiger partial charge in [-0.1, -0.05) is 18.6 Å². The van der Waals surface area contributed by atoms with Crippen LogP contribution in [-0.2, 0) is 14.3 Å². The van der Waals surface area contributed by atoms with E-state index in [1.165, 1.54) is 36.6 Å². The SMILES string of the molecule is NCCCCCC(=O)OCC1OC(Oc2ccc(-c3coc4cc(O)cc(O)c4c3=O)cc2)C(O)C(O)C1O. The fourth-order valence-corrected chi connectivity index (χ4v) is 4.25. The zero-order valence-electron chi connectivity index (χ0n) is 20.9. The van der Waals surface area contributed by atoms with Crippen LogP contribution in [0.15, 0.2) is 51.9 Å². The maximum atomic E-state index is 12.9. The molecule has 4 rings (SSSR count). The van der Waals surface area contributed by atoms with Gasteiger partial charge in [0.05, 0.1) is 5.56 Å². The summed E-state index contributed by atoms with van der Waals surface area (Å²) in [4.78, 5) is 24.9. The Hall–Kier alpha value is -3.68. The monoisotopic (exact) mass is 545 g/mol. The highest BCUT2D eigenvalue weighted by Crippen LogP contribution is 2.31. The van der Waals surface area contributed by atoms with Gasteiger partial charge in [-0.15, -0.1) is 0 Å². The number of esters is 1. The van der Waals surface area contributed by atoms with E-state index in [4.69, 9.17) is 24.4 Å². The first-order valence-corrected chi connectivity index (χ1v) is 12.5. The number of unbranched alkanes of at least 4 members (excludes halogenated alkanes) is 2. The van der Waals surface area contributed by atoms with Crippen LogP contribution in [-0.4, -0.2) is 75.4 Å². The number of rotatable bonds is 10. The molecule has 39 heavy (non-hydrogen) atoms. The summed E-state index contributed by atoms with van der Waals surface area (Å²) in [5.41, 5.74) is 5.52. The summed E-state index contributed by atoms with van der Waals surface area (Å²) in [5, 5.41) is 50.6. The Morgan fingerprint density at radius 2 is 1.72 bits per heavy atom. The highest BCUT2D eigenvalue weighted by molar-refractivity contribution is 5.88. The molecule has 1 saturated heterocycles. The number of benzene rings is 2. The molecule has 2 aromatic carbocycles. The number of hydrogen-bond acceptors (Lipinski definition) is 12. The summed E-state index contributed by atoms with van der Waals surface area (Å²) in [6.45, 7) is 0.193. The van der Waals surface area contributed by atoms with Crippen LogP contribution in [0.4, 0.5) is 0 Å². The van der Waals surface area contributed by atoms with Gasteiger partial charge in [-0.3, -0.25) is 9.59 Å². The first-order valence-electron chi connectivity index (χ1n) is 12.5. The molecule has 1 aromatic heterocycles. The number of aromatic hydroxyl groups is 2. The van der Waals surface area contributed by atoms with Crippen LogP contribution in [0.5, 0.6) is 17.2 Å². The summed E-state index contributed by atoms with van der Waals surface area (Å²) in [5.74, 6) is -0.947. The number of nitrogens with two attached hydrogens (primary N) is 1. The molecular formula is C27H31NO11. The van der Waals surface area contributed by atoms with Gasteiger partial charge >= 0.3 is 5.97 Å². The summed E-state index contributed by atoms with van der Waals surface area (Å²) < 4.78 is 21.8. The van der Waals surface area contributed by atoms with Gasteiger partial charge in [0.1, 0.15) is 65.5 Å². The normalized spacial score (nSPS) is 23.0. The fourth-order valence-electron chi connectivity index (χ4n) is 4.25. The summed E-state index contributed by atoms with van der Waals surface area (Å²) in [6, 6.07) is 8.30. The maximum Gasteiger partial charge on any atom is 0.305 e. The summed E-state index contributed by atoms with van der Waals surface area (Å²) >= 11 is 0. The van der Waals surface area contributed by atoms with Crippen molar-refractivity contribution in [2.24, 2.45) is 5.73 Å². The van der Waals surface area contributed by atoms with E-state index in [2.05, 4.69) is 0 Å². The smallest absolute Gasteiger partial charge is 0.305 e. The summed E-state index contributed by atoms with van der Waals surface area (Å²) in [6.07, 6.45) is -3.70. The largest absolute Gasteiger partial charge is 0.508 e.